The van der Waals surface area contributed by atoms with E-state index in [-0.39, 0.29) is 12.3 Å². The lowest BCUT2D eigenvalue weighted by atomic mass is 10.2. The van der Waals surface area contributed by atoms with Crippen molar-refractivity contribution in [3.8, 4) is 0 Å². The van der Waals surface area contributed by atoms with Gasteiger partial charge in [-0.3, -0.25) is 4.79 Å². The van der Waals surface area contributed by atoms with Crippen molar-refractivity contribution in [2.75, 3.05) is 11.9 Å². The molecule has 1 rings (SSSR count). The van der Waals surface area contributed by atoms with Crippen LogP contribution < -0.4 is 5.32 Å². The molecule has 0 saturated heterocycles. The minimum atomic E-state index is -4.51. The van der Waals surface area contributed by atoms with E-state index in [1.54, 1.807) is 0 Å². The highest BCUT2D eigenvalue weighted by atomic mass is 19.4. The third-order valence-electron chi connectivity index (χ3n) is 1.91. The van der Waals surface area contributed by atoms with Gasteiger partial charge in [0.1, 0.15) is 0 Å². The summed E-state index contributed by atoms with van der Waals surface area (Å²) in [5.41, 5.74) is -1.04. The van der Waals surface area contributed by atoms with E-state index in [2.05, 4.69) is 4.74 Å². The summed E-state index contributed by atoms with van der Waals surface area (Å²) in [5.74, 6) is -2.26. The molecule has 0 atom stereocenters. The molecule has 7 heteroatoms. The molecule has 0 aromatic heterocycles. The molecule has 1 N–H and O–H groups in total. The fraction of sp³-hybridized carbons (Fsp3) is 0.273. The van der Waals surface area contributed by atoms with Gasteiger partial charge in [0.25, 0.3) is 0 Å². The third kappa shape index (κ3) is 3.76. The fourth-order valence-corrected chi connectivity index (χ4v) is 1.15. The van der Waals surface area contributed by atoms with E-state index in [1.165, 1.54) is 13.0 Å². The topological polar surface area (TPSA) is 55.4 Å². The minimum absolute atomic E-state index is 0.00877. The summed E-state index contributed by atoms with van der Waals surface area (Å²) in [4.78, 5) is 22.2. The number of ether oxygens (including phenoxy) is 1. The van der Waals surface area contributed by atoms with E-state index in [9.17, 15) is 22.8 Å². The summed E-state index contributed by atoms with van der Waals surface area (Å²) in [6, 6.07) is 3.97. The maximum absolute atomic E-state index is 12.4. The van der Waals surface area contributed by atoms with E-state index in [1.807, 2.05) is 5.32 Å². The minimum Gasteiger partial charge on any atom is -0.459 e. The van der Waals surface area contributed by atoms with E-state index < -0.39 is 23.6 Å². The number of hydrogen-bond acceptors (Lipinski definition) is 3. The summed E-state index contributed by atoms with van der Waals surface area (Å²) >= 11 is 0. The van der Waals surface area contributed by atoms with Crippen LogP contribution in [0.25, 0.3) is 0 Å². The first kappa shape index (κ1) is 14.0. The lowest BCUT2D eigenvalue weighted by Gasteiger charge is -2.09. The number of carbonyl (C=O) groups excluding carboxylic acids is 2. The zero-order valence-electron chi connectivity index (χ0n) is 9.38. The molecule has 0 aliphatic carbocycles. The molecule has 0 heterocycles. The Labute approximate surface area is 101 Å². The number of esters is 1. The number of halogens is 3. The van der Waals surface area contributed by atoms with Crippen LogP contribution in [0, 0.1) is 0 Å². The number of anilines is 1. The van der Waals surface area contributed by atoms with Crippen LogP contribution in [0.1, 0.15) is 12.5 Å². The summed E-state index contributed by atoms with van der Waals surface area (Å²) in [6.07, 6.45) is -4.51. The Hall–Kier alpha value is -2.05. The first-order valence-electron chi connectivity index (χ1n) is 5.00. The summed E-state index contributed by atoms with van der Waals surface area (Å²) in [6.45, 7) is 1.52. The molecule has 98 valence electrons. The van der Waals surface area contributed by atoms with Crippen LogP contribution in [0.2, 0.25) is 0 Å². The van der Waals surface area contributed by atoms with Crippen molar-refractivity contribution in [2.45, 2.75) is 13.1 Å². The monoisotopic (exact) mass is 261 g/mol. The van der Waals surface area contributed by atoms with Crippen LogP contribution in [-0.4, -0.2) is 18.5 Å². The smallest absolute Gasteiger partial charge is 0.416 e. The average Bonchev–Trinajstić information content (AvgIpc) is 2.28. The molecule has 4 nitrogen and oxygen atoms in total. The van der Waals surface area contributed by atoms with Gasteiger partial charge < -0.3 is 10.1 Å². The SMILES string of the molecule is CCOC(=O)C(=O)Nc1cccc(C(F)(F)F)c1. The predicted molar refractivity (Wildman–Crippen MR) is 56.7 cm³/mol. The Morgan fingerprint density at radius 2 is 2.00 bits per heavy atom. The molecule has 0 unspecified atom stereocenters. The standard InChI is InChI=1S/C11H10F3NO3/c1-2-18-10(17)9(16)15-8-5-3-4-7(6-8)11(12,13)14/h3-6H,2H2,1H3,(H,15,16). The maximum atomic E-state index is 12.4. The van der Waals surface area contributed by atoms with Gasteiger partial charge in [-0.05, 0) is 25.1 Å². The van der Waals surface area contributed by atoms with Crippen molar-refractivity contribution in [2.24, 2.45) is 0 Å². The summed E-state index contributed by atoms with van der Waals surface area (Å²) in [7, 11) is 0. The van der Waals surface area contributed by atoms with E-state index >= 15 is 0 Å². The Morgan fingerprint density at radius 3 is 2.56 bits per heavy atom. The van der Waals surface area contributed by atoms with Crippen LogP contribution in [0.15, 0.2) is 24.3 Å². The second-order valence-corrected chi connectivity index (χ2v) is 3.25. The molecule has 18 heavy (non-hydrogen) atoms. The van der Waals surface area contributed by atoms with Gasteiger partial charge in [-0.1, -0.05) is 6.07 Å². The van der Waals surface area contributed by atoms with Gasteiger partial charge in [0.15, 0.2) is 0 Å². The second-order valence-electron chi connectivity index (χ2n) is 3.25. The van der Waals surface area contributed by atoms with Crippen LogP contribution in [0.5, 0.6) is 0 Å². The highest BCUT2D eigenvalue weighted by Gasteiger charge is 2.30. The predicted octanol–water partition coefficient (Wildman–Crippen LogP) is 2.21. The molecule has 0 fully saturated rings. The molecule has 0 radical (unpaired) electrons. The molecule has 0 bridgehead atoms. The van der Waals surface area contributed by atoms with Gasteiger partial charge in [-0.2, -0.15) is 13.2 Å². The third-order valence-corrected chi connectivity index (χ3v) is 1.91. The number of alkyl halides is 3. The van der Waals surface area contributed by atoms with Gasteiger partial charge >= 0.3 is 18.1 Å². The molecule has 1 aromatic carbocycles. The van der Waals surface area contributed by atoms with E-state index in [0.29, 0.717) is 0 Å². The average molecular weight is 261 g/mol. The number of amides is 1. The lowest BCUT2D eigenvalue weighted by Crippen LogP contribution is -2.25. The van der Waals surface area contributed by atoms with Crippen LogP contribution in [-0.2, 0) is 20.5 Å². The number of nitrogens with one attached hydrogen (secondary N) is 1. The second kappa shape index (κ2) is 5.52. The van der Waals surface area contributed by atoms with Crippen molar-refractivity contribution in [3.63, 3.8) is 0 Å². The Morgan fingerprint density at radius 1 is 1.33 bits per heavy atom. The first-order chi connectivity index (χ1) is 8.34. The highest BCUT2D eigenvalue weighted by molar-refractivity contribution is 6.37. The van der Waals surface area contributed by atoms with Crippen molar-refractivity contribution in [1.82, 2.24) is 0 Å². The Bertz CT molecular complexity index is 457. The Balaban J connectivity index is 2.80. The number of rotatable bonds is 2. The van der Waals surface area contributed by atoms with Gasteiger partial charge in [-0.25, -0.2) is 4.79 Å². The van der Waals surface area contributed by atoms with Crippen LogP contribution in [0.3, 0.4) is 0 Å². The number of hydrogen-bond donors (Lipinski definition) is 1. The van der Waals surface area contributed by atoms with Crippen molar-refractivity contribution >= 4 is 17.6 Å². The van der Waals surface area contributed by atoms with E-state index in [4.69, 9.17) is 0 Å². The molecule has 0 aliphatic rings. The molecule has 0 aliphatic heterocycles. The molecular weight excluding hydrogens is 251 g/mol. The first-order valence-corrected chi connectivity index (χ1v) is 5.00. The number of carbonyl (C=O) groups is 2. The normalized spacial score (nSPS) is 10.9. The lowest BCUT2D eigenvalue weighted by molar-refractivity contribution is -0.152. The fourth-order valence-electron chi connectivity index (χ4n) is 1.15. The molecule has 0 spiro atoms. The van der Waals surface area contributed by atoms with Crippen LogP contribution in [0.4, 0.5) is 18.9 Å². The zero-order chi connectivity index (χ0) is 13.8. The van der Waals surface area contributed by atoms with Crippen LogP contribution >= 0.6 is 0 Å². The molecular formula is C11H10F3NO3. The van der Waals surface area contributed by atoms with Crippen molar-refractivity contribution < 1.29 is 27.5 Å². The highest BCUT2D eigenvalue weighted by Crippen LogP contribution is 2.30. The summed E-state index contributed by atoms with van der Waals surface area (Å²) < 4.78 is 41.5. The number of benzene rings is 1. The van der Waals surface area contributed by atoms with E-state index in [0.717, 1.165) is 18.2 Å². The van der Waals surface area contributed by atoms with Crippen molar-refractivity contribution in [3.05, 3.63) is 29.8 Å². The maximum Gasteiger partial charge on any atom is 0.416 e. The Kier molecular flexibility index (Phi) is 4.30. The van der Waals surface area contributed by atoms with Crippen molar-refractivity contribution in [1.29, 1.82) is 0 Å². The largest absolute Gasteiger partial charge is 0.459 e. The quantitative estimate of drug-likeness (QED) is 0.656. The van der Waals surface area contributed by atoms with Gasteiger partial charge in [0, 0.05) is 5.69 Å². The molecule has 1 aromatic rings. The van der Waals surface area contributed by atoms with Gasteiger partial charge in [0.2, 0.25) is 0 Å². The summed E-state index contributed by atoms with van der Waals surface area (Å²) in [5, 5.41) is 2.03. The molecule has 1 amide bonds. The van der Waals surface area contributed by atoms with Gasteiger partial charge in [0.05, 0.1) is 12.2 Å². The molecule has 0 saturated carbocycles. The zero-order valence-corrected chi connectivity index (χ0v) is 9.38. The van der Waals surface area contributed by atoms with Gasteiger partial charge in [-0.15, -0.1) is 0 Å².